The summed E-state index contributed by atoms with van der Waals surface area (Å²) in [5.41, 5.74) is 12.9. The van der Waals surface area contributed by atoms with Gasteiger partial charge >= 0.3 is 0 Å². The Bertz CT molecular complexity index is 2540. The van der Waals surface area contributed by atoms with Crippen LogP contribution < -0.4 is 0 Å². The number of aryl methyl sites for hydroxylation is 1. The molecular formula is C41H28N4. The lowest BCUT2D eigenvalue weighted by atomic mass is 9.82. The number of rotatable bonds is 2. The molecule has 4 nitrogen and oxygen atoms in total. The van der Waals surface area contributed by atoms with E-state index in [4.69, 9.17) is 0 Å². The number of para-hydroxylation sites is 2. The van der Waals surface area contributed by atoms with E-state index in [2.05, 4.69) is 132 Å². The van der Waals surface area contributed by atoms with Gasteiger partial charge in [0.15, 0.2) is 0 Å². The van der Waals surface area contributed by atoms with Crippen molar-refractivity contribution in [3.63, 3.8) is 0 Å². The maximum atomic E-state index is 10.7. The highest BCUT2D eigenvalue weighted by atomic mass is 15.1. The van der Waals surface area contributed by atoms with Crippen LogP contribution in [0.5, 0.6) is 0 Å². The topological polar surface area (TPSA) is 57.4 Å². The van der Waals surface area contributed by atoms with Gasteiger partial charge in [-0.3, -0.25) is 0 Å². The number of aromatic nitrogens is 2. The van der Waals surface area contributed by atoms with Crippen molar-refractivity contribution >= 4 is 38.8 Å². The smallest absolute Gasteiger partial charge is 0.101 e. The molecule has 212 valence electrons. The van der Waals surface area contributed by atoms with Crippen LogP contribution in [0.1, 0.15) is 53.8 Å². The molecule has 2 aliphatic carbocycles. The molecule has 0 unspecified atom stereocenters. The largest absolute Gasteiger partial charge is 0.306 e. The van der Waals surface area contributed by atoms with Crippen LogP contribution in [0.2, 0.25) is 0 Å². The maximum absolute atomic E-state index is 10.7. The molecule has 0 fully saturated rings. The van der Waals surface area contributed by atoms with Gasteiger partial charge in [-0.25, -0.2) is 0 Å². The van der Waals surface area contributed by atoms with Gasteiger partial charge < -0.3 is 9.13 Å². The Labute approximate surface area is 261 Å². The minimum atomic E-state index is -0.183. The number of nitriles is 2. The number of nitrogens with zero attached hydrogens (tertiary/aromatic N) is 4. The van der Waals surface area contributed by atoms with Crippen molar-refractivity contribution in [2.24, 2.45) is 0 Å². The molecule has 0 saturated carbocycles. The number of hydrogen-bond donors (Lipinski definition) is 0. The first-order valence-electron chi connectivity index (χ1n) is 15.5. The second-order valence-corrected chi connectivity index (χ2v) is 12.7. The van der Waals surface area contributed by atoms with E-state index in [1.54, 1.807) is 12.1 Å². The monoisotopic (exact) mass is 576 g/mol. The Morgan fingerprint density at radius 1 is 0.622 bits per heavy atom. The van der Waals surface area contributed by atoms with Crippen LogP contribution in [0.3, 0.4) is 0 Å². The molecule has 5 aromatic carbocycles. The molecule has 2 aromatic heterocycles. The summed E-state index contributed by atoms with van der Waals surface area (Å²) in [7, 11) is 0. The van der Waals surface area contributed by atoms with Gasteiger partial charge in [-0.15, -0.1) is 0 Å². The summed E-state index contributed by atoms with van der Waals surface area (Å²) in [5.74, 6) is 0. The number of hydrogen-bond acceptors (Lipinski definition) is 2. The Kier molecular flexibility index (Phi) is 5.18. The molecule has 0 saturated heterocycles. The van der Waals surface area contributed by atoms with Crippen LogP contribution in [0.4, 0.5) is 0 Å². The zero-order valence-electron chi connectivity index (χ0n) is 25.1. The summed E-state index contributed by atoms with van der Waals surface area (Å²) in [4.78, 5) is 0. The molecule has 0 aliphatic heterocycles. The quantitative estimate of drug-likeness (QED) is 0.206. The van der Waals surface area contributed by atoms with Crippen LogP contribution in [0, 0.1) is 22.7 Å². The predicted octanol–water partition coefficient (Wildman–Crippen LogP) is 9.74. The second-order valence-electron chi connectivity index (χ2n) is 12.7. The van der Waals surface area contributed by atoms with Crippen LogP contribution >= 0.6 is 0 Å². The third kappa shape index (κ3) is 3.29. The van der Waals surface area contributed by atoms with E-state index in [0.29, 0.717) is 11.1 Å². The van der Waals surface area contributed by atoms with Crippen molar-refractivity contribution in [1.29, 1.82) is 10.5 Å². The molecule has 0 radical (unpaired) electrons. The van der Waals surface area contributed by atoms with Gasteiger partial charge in [0, 0.05) is 27.3 Å². The van der Waals surface area contributed by atoms with E-state index >= 15 is 0 Å². The highest BCUT2D eigenvalue weighted by Crippen LogP contribution is 2.51. The fraction of sp³-hybridized carbons (Fsp3) is 0.122. The lowest BCUT2D eigenvalue weighted by Crippen LogP contribution is -2.15. The average Bonchev–Trinajstić information content (AvgIpc) is 3.66. The van der Waals surface area contributed by atoms with Gasteiger partial charge in [-0.1, -0.05) is 80.6 Å². The van der Waals surface area contributed by atoms with Gasteiger partial charge in [0.25, 0.3) is 0 Å². The van der Waals surface area contributed by atoms with E-state index in [1.807, 2.05) is 0 Å². The Morgan fingerprint density at radius 3 is 2.02 bits per heavy atom. The molecule has 9 rings (SSSR count). The van der Waals surface area contributed by atoms with Gasteiger partial charge in [0.2, 0.25) is 0 Å². The van der Waals surface area contributed by atoms with Crippen LogP contribution in [0.25, 0.3) is 61.3 Å². The molecule has 0 spiro atoms. The predicted molar refractivity (Wildman–Crippen MR) is 182 cm³/mol. The highest BCUT2D eigenvalue weighted by molar-refractivity contribution is 6.12. The fourth-order valence-electron chi connectivity index (χ4n) is 8.04. The molecule has 2 aliphatic rings. The Morgan fingerprint density at radius 2 is 1.27 bits per heavy atom. The van der Waals surface area contributed by atoms with Crippen molar-refractivity contribution in [3.05, 3.63) is 137 Å². The summed E-state index contributed by atoms with van der Waals surface area (Å²) in [5, 5.41) is 24.8. The first kappa shape index (κ1) is 25.6. The van der Waals surface area contributed by atoms with Crippen molar-refractivity contribution < 1.29 is 0 Å². The molecule has 4 heteroatoms. The molecule has 45 heavy (non-hydrogen) atoms. The lowest BCUT2D eigenvalue weighted by molar-refractivity contribution is 0.661. The van der Waals surface area contributed by atoms with E-state index in [0.717, 1.165) is 57.2 Å². The van der Waals surface area contributed by atoms with Crippen molar-refractivity contribution in [3.8, 4) is 34.6 Å². The van der Waals surface area contributed by atoms with E-state index < -0.39 is 0 Å². The molecule has 0 atom stereocenters. The minimum Gasteiger partial charge on any atom is -0.306 e. The third-order valence-electron chi connectivity index (χ3n) is 10.1. The van der Waals surface area contributed by atoms with E-state index in [-0.39, 0.29) is 5.41 Å². The molecule has 7 aromatic rings. The van der Waals surface area contributed by atoms with Gasteiger partial charge in [0.05, 0.1) is 39.1 Å². The van der Waals surface area contributed by atoms with Crippen molar-refractivity contribution in [2.75, 3.05) is 0 Å². The summed E-state index contributed by atoms with van der Waals surface area (Å²) in [6, 6.07) is 38.9. The molecule has 0 N–H and O–H groups in total. The maximum Gasteiger partial charge on any atom is 0.101 e. The minimum absolute atomic E-state index is 0.183. The average molecular weight is 577 g/mol. The molecule has 0 bridgehead atoms. The van der Waals surface area contributed by atoms with Crippen LogP contribution in [0.15, 0.2) is 103 Å². The van der Waals surface area contributed by atoms with Crippen molar-refractivity contribution in [1.82, 2.24) is 9.13 Å². The zero-order chi connectivity index (χ0) is 30.4. The fourth-order valence-corrected chi connectivity index (χ4v) is 8.04. The lowest BCUT2D eigenvalue weighted by Gasteiger charge is -2.23. The van der Waals surface area contributed by atoms with Gasteiger partial charge in [-0.05, 0) is 83.1 Å². The third-order valence-corrected chi connectivity index (χ3v) is 10.1. The highest BCUT2D eigenvalue weighted by Gasteiger charge is 2.36. The first-order chi connectivity index (χ1) is 22.0. The SMILES string of the molecule is CC1(C)c2ccccc2-c2cc3c4ccccc4n(-c4c(C#N)ccc(C#N)c4-n4c5c(c6ccccc64)CCC=C5)c3cc21. The number of benzene rings is 5. The second kappa shape index (κ2) is 9.08. The molecule has 0 amide bonds. The Balaban J connectivity index is 1.48. The van der Waals surface area contributed by atoms with Gasteiger partial charge in [0.1, 0.15) is 12.1 Å². The van der Waals surface area contributed by atoms with Gasteiger partial charge in [-0.2, -0.15) is 10.5 Å². The number of fused-ring (bicyclic) bond motifs is 9. The van der Waals surface area contributed by atoms with Crippen LogP contribution in [-0.4, -0.2) is 9.13 Å². The summed E-state index contributed by atoms with van der Waals surface area (Å²) < 4.78 is 4.47. The molecule has 2 heterocycles. The number of allylic oxidation sites excluding steroid dienone is 1. The van der Waals surface area contributed by atoms with E-state index in [9.17, 15) is 10.5 Å². The standard InChI is InChI=1S/C41H28N4/c1-41(2)33-15-7-3-11-27(33)31-21-32-30-14-6-10-18-37(30)45(38(32)22-34(31)41)40-26(24-43)20-19-25(23-42)39(40)44-35-16-8-4-12-28(35)29-13-5-9-17-36(29)44/h3-4,6-12,14-22H,5,13H2,1-2H3. The zero-order valence-corrected chi connectivity index (χ0v) is 25.1. The van der Waals surface area contributed by atoms with E-state index in [1.165, 1.54) is 33.2 Å². The summed E-state index contributed by atoms with van der Waals surface area (Å²) >= 11 is 0. The molecular weight excluding hydrogens is 548 g/mol. The normalized spacial score (nSPS) is 14.3. The van der Waals surface area contributed by atoms with Crippen LogP contribution in [-0.2, 0) is 11.8 Å². The van der Waals surface area contributed by atoms with Crippen molar-refractivity contribution in [2.45, 2.75) is 32.1 Å². The first-order valence-corrected chi connectivity index (χ1v) is 15.5. The Hall–Kier alpha value is -5.84. The summed E-state index contributed by atoms with van der Waals surface area (Å²) in [6.45, 7) is 4.59. The summed E-state index contributed by atoms with van der Waals surface area (Å²) in [6.07, 6.45) is 6.31.